The molecule has 0 aliphatic rings. The first-order valence-corrected chi connectivity index (χ1v) is 8.62. The van der Waals surface area contributed by atoms with E-state index in [1.165, 1.54) is 0 Å². The van der Waals surface area contributed by atoms with Crippen molar-refractivity contribution in [3.63, 3.8) is 0 Å². The van der Waals surface area contributed by atoms with Crippen LogP contribution in [0.4, 0.5) is 0 Å². The number of rotatable bonds is 2. The largest absolute Gasteiger partial charge is 0.300 e. The van der Waals surface area contributed by atoms with Crippen LogP contribution in [-0.2, 0) is 0 Å². The Bertz CT molecular complexity index is 1300. The van der Waals surface area contributed by atoms with Crippen molar-refractivity contribution in [3.05, 3.63) is 95.7 Å². The number of nitrogens with zero attached hydrogens (tertiary/aromatic N) is 2. The predicted molar refractivity (Wildman–Crippen MR) is 105 cm³/mol. The number of fused-ring (bicyclic) bond motifs is 5. The van der Waals surface area contributed by atoms with Gasteiger partial charge in [-0.05, 0) is 30.5 Å². The van der Waals surface area contributed by atoms with Crippen LogP contribution in [0.5, 0.6) is 0 Å². The van der Waals surface area contributed by atoms with Crippen LogP contribution in [0, 0.1) is 6.92 Å². The molecule has 0 amide bonds. The van der Waals surface area contributed by atoms with Crippen LogP contribution < -0.4 is 0 Å². The van der Waals surface area contributed by atoms with E-state index in [0.717, 1.165) is 33.0 Å². The topological polar surface area (TPSA) is 34.4 Å². The van der Waals surface area contributed by atoms with Crippen molar-refractivity contribution in [1.29, 1.82) is 0 Å². The van der Waals surface area contributed by atoms with Crippen LogP contribution in [0.15, 0.2) is 79.0 Å². The van der Waals surface area contributed by atoms with Gasteiger partial charge in [0.15, 0.2) is 5.78 Å². The summed E-state index contributed by atoms with van der Waals surface area (Å²) in [6.07, 6.45) is 1.99. The SMILES string of the molecule is Cc1ccc(C(=O)c2cc3c(nc4ccccn43)c3ccccc23)cc1. The van der Waals surface area contributed by atoms with Crippen LogP contribution in [0.3, 0.4) is 0 Å². The second-order valence-electron chi connectivity index (χ2n) is 6.57. The number of hydrogen-bond donors (Lipinski definition) is 0. The monoisotopic (exact) mass is 336 g/mol. The molecule has 0 saturated heterocycles. The average Bonchev–Trinajstić information content (AvgIpc) is 3.06. The Morgan fingerprint density at radius 1 is 0.885 bits per heavy atom. The van der Waals surface area contributed by atoms with Gasteiger partial charge >= 0.3 is 0 Å². The lowest BCUT2D eigenvalue weighted by Crippen LogP contribution is -2.03. The molecule has 0 atom stereocenters. The number of carbonyl (C=O) groups excluding carboxylic acids is 1. The molecular formula is C23H16N2O. The molecule has 0 aliphatic carbocycles. The smallest absolute Gasteiger partial charge is 0.193 e. The van der Waals surface area contributed by atoms with Crippen molar-refractivity contribution in [3.8, 4) is 0 Å². The lowest BCUT2D eigenvalue weighted by atomic mass is 9.96. The number of ketones is 1. The van der Waals surface area contributed by atoms with Gasteiger partial charge in [0.1, 0.15) is 5.65 Å². The van der Waals surface area contributed by atoms with Gasteiger partial charge in [0.05, 0.1) is 11.0 Å². The highest BCUT2D eigenvalue weighted by Crippen LogP contribution is 2.30. The minimum atomic E-state index is 0.0361. The molecule has 0 saturated carbocycles. The number of carbonyl (C=O) groups is 1. The van der Waals surface area contributed by atoms with Gasteiger partial charge in [-0.3, -0.25) is 9.20 Å². The Hall–Kier alpha value is -3.46. The Morgan fingerprint density at radius 2 is 1.62 bits per heavy atom. The Labute approximate surface area is 150 Å². The van der Waals surface area contributed by atoms with Gasteiger partial charge in [-0.2, -0.15) is 0 Å². The highest BCUT2D eigenvalue weighted by atomic mass is 16.1. The molecule has 0 spiro atoms. The summed E-state index contributed by atoms with van der Waals surface area (Å²) in [7, 11) is 0. The third-order valence-electron chi connectivity index (χ3n) is 4.88. The minimum Gasteiger partial charge on any atom is -0.300 e. The van der Waals surface area contributed by atoms with Gasteiger partial charge in [0.2, 0.25) is 0 Å². The second-order valence-corrected chi connectivity index (χ2v) is 6.57. The lowest BCUT2D eigenvalue weighted by molar-refractivity contribution is 0.104. The van der Waals surface area contributed by atoms with Crippen molar-refractivity contribution in [2.45, 2.75) is 6.92 Å². The van der Waals surface area contributed by atoms with Crippen LogP contribution in [0.1, 0.15) is 21.5 Å². The maximum absolute atomic E-state index is 13.2. The fraction of sp³-hybridized carbons (Fsp3) is 0.0435. The van der Waals surface area contributed by atoms with E-state index in [1.807, 2.05) is 90.3 Å². The molecule has 26 heavy (non-hydrogen) atoms. The van der Waals surface area contributed by atoms with Crippen molar-refractivity contribution < 1.29 is 4.79 Å². The molecule has 3 nitrogen and oxygen atoms in total. The number of aromatic nitrogens is 2. The molecule has 0 N–H and O–H groups in total. The maximum atomic E-state index is 13.2. The summed E-state index contributed by atoms with van der Waals surface area (Å²) in [6.45, 7) is 2.02. The molecule has 2 aromatic heterocycles. The number of imidazole rings is 1. The summed E-state index contributed by atoms with van der Waals surface area (Å²) < 4.78 is 2.04. The molecule has 0 bridgehead atoms. The number of benzene rings is 3. The molecule has 0 fully saturated rings. The predicted octanol–water partition coefficient (Wildman–Crippen LogP) is 5.18. The van der Waals surface area contributed by atoms with Gasteiger partial charge in [0.25, 0.3) is 0 Å². The highest BCUT2D eigenvalue weighted by Gasteiger charge is 2.17. The van der Waals surface area contributed by atoms with Crippen molar-refractivity contribution in [2.24, 2.45) is 0 Å². The van der Waals surface area contributed by atoms with Crippen LogP contribution in [0.25, 0.3) is 27.5 Å². The maximum Gasteiger partial charge on any atom is 0.193 e. The van der Waals surface area contributed by atoms with E-state index in [1.54, 1.807) is 0 Å². The lowest BCUT2D eigenvalue weighted by Gasteiger charge is -2.08. The third-order valence-corrected chi connectivity index (χ3v) is 4.88. The third kappa shape index (κ3) is 2.14. The Balaban J connectivity index is 1.87. The molecule has 3 aromatic carbocycles. The quantitative estimate of drug-likeness (QED) is 0.416. The van der Waals surface area contributed by atoms with Gasteiger partial charge < -0.3 is 0 Å². The fourth-order valence-electron chi connectivity index (χ4n) is 3.54. The molecule has 3 heteroatoms. The number of hydrogen-bond acceptors (Lipinski definition) is 2. The van der Waals surface area contributed by atoms with E-state index in [0.29, 0.717) is 11.1 Å². The van der Waals surface area contributed by atoms with E-state index < -0.39 is 0 Å². The summed E-state index contributed by atoms with van der Waals surface area (Å²) in [5.41, 5.74) is 5.31. The molecule has 2 heterocycles. The van der Waals surface area contributed by atoms with Crippen LogP contribution in [-0.4, -0.2) is 15.2 Å². The summed E-state index contributed by atoms with van der Waals surface area (Å²) in [5.74, 6) is 0.0361. The summed E-state index contributed by atoms with van der Waals surface area (Å²) in [5, 5.41) is 1.94. The summed E-state index contributed by atoms with van der Waals surface area (Å²) >= 11 is 0. The van der Waals surface area contributed by atoms with Crippen molar-refractivity contribution in [2.75, 3.05) is 0 Å². The van der Waals surface area contributed by atoms with E-state index in [4.69, 9.17) is 4.98 Å². The van der Waals surface area contributed by atoms with Gasteiger partial charge in [-0.25, -0.2) is 4.98 Å². The summed E-state index contributed by atoms with van der Waals surface area (Å²) in [4.78, 5) is 18.0. The first-order valence-electron chi connectivity index (χ1n) is 8.62. The van der Waals surface area contributed by atoms with Crippen molar-refractivity contribution >= 4 is 33.2 Å². The van der Waals surface area contributed by atoms with E-state index in [-0.39, 0.29) is 5.78 Å². The molecule has 0 radical (unpaired) electrons. The standard InChI is InChI=1S/C23H16N2O/c1-15-9-11-16(12-10-15)23(26)19-14-20-22(18-7-3-2-6-17(18)19)24-21-8-4-5-13-25(20)21/h2-14H,1H3. The molecule has 5 rings (SSSR count). The van der Waals surface area contributed by atoms with Gasteiger partial charge in [-0.1, -0.05) is 60.2 Å². The van der Waals surface area contributed by atoms with Gasteiger partial charge in [0, 0.05) is 22.7 Å². The zero-order chi connectivity index (χ0) is 17.7. The van der Waals surface area contributed by atoms with E-state index in [9.17, 15) is 4.79 Å². The Kier molecular flexibility index (Phi) is 3.16. The number of aryl methyl sites for hydroxylation is 1. The first-order chi connectivity index (χ1) is 12.7. The number of pyridine rings is 1. The molecule has 0 aliphatic heterocycles. The van der Waals surface area contributed by atoms with Gasteiger partial charge in [-0.15, -0.1) is 0 Å². The first kappa shape index (κ1) is 14.8. The second kappa shape index (κ2) is 5.53. The van der Waals surface area contributed by atoms with Crippen molar-refractivity contribution in [1.82, 2.24) is 9.38 Å². The zero-order valence-electron chi connectivity index (χ0n) is 14.3. The van der Waals surface area contributed by atoms with E-state index >= 15 is 0 Å². The molecule has 5 aromatic rings. The normalized spacial score (nSPS) is 11.4. The van der Waals surface area contributed by atoms with E-state index in [2.05, 4.69) is 0 Å². The molecule has 124 valence electrons. The Morgan fingerprint density at radius 3 is 2.42 bits per heavy atom. The van der Waals surface area contributed by atoms with Crippen LogP contribution in [0.2, 0.25) is 0 Å². The zero-order valence-corrected chi connectivity index (χ0v) is 14.3. The molecular weight excluding hydrogens is 320 g/mol. The minimum absolute atomic E-state index is 0.0361. The summed E-state index contributed by atoms with van der Waals surface area (Å²) in [6, 6.07) is 23.6. The average molecular weight is 336 g/mol. The van der Waals surface area contributed by atoms with Crippen LogP contribution >= 0.6 is 0 Å². The fourth-order valence-corrected chi connectivity index (χ4v) is 3.54. The molecule has 0 unspecified atom stereocenters. The highest BCUT2D eigenvalue weighted by molar-refractivity contribution is 6.21.